The molecule has 0 saturated carbocycles. The zero-order valence-electron chi connectivity index (χ0n) is 15.1. The lowest BCUT2D eigenvalue weighted by Gasteiger charge is -2.09. The molecular formula is C18H16F3N5O3. The molecule has 1 amide bonds. The number of carboxylic acids is 1. The van der Waals surface area contributed by atoms with Gasteiger partial charge < -0.3 is 10.4 Å². The van der Waals surface area contributed by atoms with E-state index in [9.17, 15) is 22.8 Å². The molecule has 0 atom stereocenters. The van der Waals surface area contributed by atoms with Gasteiger partial charge in [0.05, 0.1) is 12.1 Å². The smallest absolute Gasteiger partial charge is 0.416 e. The maximum atomic E-state index is 12.9. The van der Waals surface area contributed by atoms with Crippen molar-refractivity contribution in [2.24, 2.45) is 0 Å². The molecule has 152 valence electrons. The van der Waals surface area contributed by atoms with Crippen LogP contribution in [0.4, 0.5) is 19.0 Å². The van der Waals surface area contributed by atoms with Gasteiger partial charge in [0, 0.05) is 18.0 Å². The maximum absolute atomic E-state index is 12.9. The molecule has 0 aliphatic rings. The van der Waals surface area contributed by atoms with E-state index < -0.39 is 30.2 Å². The molecule has 0 unspecified atom stereocenters. The summed E-state index contributed by atoms with van der Waals surface area (Å²) in [5, 5.41) is 19.4. The molecule has 11 heteroatoms. The van der Waals surface area contributed by atoms with Crippen molar-refractivity contribution in [1.29, 1.82) is 0 Å². The van der Waals surface area contributed by atoms with Gasteiger partial charge >= 0.3 is 12.1 Å². The summed E-state index contributed by atoms with van der Waals surface area (Å²) in [6.45, 7) is 1.31. The molecule has 0 saturated heterocycles. The van der Waals surface area contributed by atoms with Gasteiger partial charge in [-0.3, -0.25) is 14.3 Å². The molecule has 1 aromatic carbocycles. The molecule has 2 aromatic heterocycles. The van der Waals surface area contributed by atoms with Crippen LogP contribution >= 0.6 is 0 Å². The van der Waals surface area contributed by atoms with Crippen LogP contribution in [0, 0.1) is 6.92 Å². The van der Waals surface area contributed by atoms with Crippen LogP contribution in [0.15, 0.2) is 42.6 Å². The first-order valence-corrected chi connectivity index (χ1v) is 8.39. The largest absolute Gasteiger partial charge is 0.480 e. The Bertz CT molecular complexity index is 1060. The Labute approximate surface area is 162 Å². The molecule has 8 nitrogen and oxygen atoms in total. The predicted molar refractivity (Wildman–Crippen MR) is 95.3 cm³/mol. The zero-order chi connectivity index (χ0) is 21.2. The number of halogens is 3. The van der Waals surface area contributed by atoms with Gasteiger partial charge in [-0.1, -0.05) is 12.1 Å². The van der Waals surface area contributed by atoms with E-state index in [2.05, 4.69) is 15.5 Å². The monoisotopic (exact) mass is 407 g/mol. The van der Waals surface area contributed by atoms with Crippen LogP contribution in [0.25, 0.3) is 0 Å². The third kappa shape index (κ3) is 4.81. The highest BCUT2D eigenvalue weighted by molar-refractivity contribution is 6.02. The number of carbonyl (C=O) groups is 2. The lowest BCUT2D eigenvalue weighted by Crippen LogP contribution is -2.21. The Morgan fingerprint density at radius 2 is 1.93 bits per heavy atom. The highest BCUT2D eigenvalue weighted by Crippen LogP contribution is 2.29. The van der Waals surface area contributed by atoms with E-state index in [0.717, 1.165) is 16.8 Å². The fourth-order valence-corrected chi connectivity index (χ4v) is 2.71. The summed E-state index contributed by atoms with van der Waals surface area (Å²) in [5.74, 6) is -1.57. The number of aryl methyl sites for hydroxylation is 1. The van der Waals surface area contributed by atoms with Crippen molar-refractivity contribution in [1.82, 2.24) is 19.6 Å². The van der Waals surface area contributed by atoms with E-state index in [0.29, 0.717) is 11.3 Å². The topological polar surface area (TPSA) is 102 Å². The maximum Gasteiger partial charge on any atom is 0.416 e. The number of hydrogen-bond donors (Lipinski definition) is 2. The average Bonchev–Trinajstić information content (AvgIpc) is 3.20. The van der Waals surface area contributed by atoms with Crippen molar-refractivity contribution in [3.8, 4) is 0 Å². The lowest BCUT2D eigenvalue weighted by molar-refractivity contribution is -0.138. The van der Waals surface area contributed by atoms with Crippen LogP contribution < -0.4 is 5.32 Å². The number of aliphatic carboxylic acids is 1. The normalized spacial score (nSPS) is 11.4. The Kier molecular flexibility index (Phi) is 5.39. The van der Waals surface area contributed by atoms with Gasteiger partial charge in [-0.15, -0.1) is 0 Å². The number of nitrogens with one attached hydrogen (secondary N) is 1. The molecule has 2 N–H and O–H groups in total. The van der Waals surface area contributed by atoms with E-state index in [-0.39, 0.29) is 18.1 Å². The van der Waals surface area contributed by atoms with Crippen molar-refractivity contribution in [2.45, 2.75) is 26.2 Å². The Hall–Kier alpha value is -3.63. The highest BCUT2D eigenvalue weighted by atomic mass is 19.4. The number of anilines is 1. The fraction of sp³-hybridized carbons (Fsp3) is 0.222. The van der Waals surface area contributed by atoms with Crippen LogP contribution in [0.5, 0.6) is 0 Å². The van der Waals surface area contributed by atoms with Crippen LogP contribution in [0.3, 0.4) is 0 Å². The van der Waals surface area contributed by atoms with E-state index in [4.69, 9.17) is 5.11 Å². The third-order valence-corrected chi connectivity index (χ3v) is 4.04. The third-order valence-electron chi connectivity index (χ3n) is 4.04. The number of hydrogen-bond acceptors (Lipinski definition) is 4. The van der Waals surface area contributed by atoms with Gasteiger partial charge in [0.2, 0.25) is 0 Å². The van der Waals surface area contributed by atoms with Gasteiger partial charge in [-0.25, -0.2) is 4.68 Å². The van der Waals surface area contributed by atoms with Crippen LogP contribution in [0.1, 0.15) is 27.3 Å². The molecule has 0 bridgehead atoms. The molecular weight excluding hydrogens is 391 g/mol. The number of aromatic nitrogens is 4. The van der Waals surface area contributed by atoms with Gasteiger partial charge in [-0.2, -0.15) is 23.4 Å². The molecule has 3 aromatic rings. The van der Waals surface area contributed by atoms with Crippen molar-refractivity contribution in [2.75, 3.05) is 5.32 Å². The Balaban J connectivity index is 1.75. The molecule has 0 fully saturated rings. The summed E-state index contributed by atoms with van der Waals surface area (Å²) in [7, 11) is 0. The number of alkyl halides is 3. The minimum atomic E-state index is -4.44. The summed E-state index contributed by atoms with van der Waals surface area (Å²) in [4.78, 5) is 23.2. The fourth-order valence-electron chi connectivity index (χ4n) is 2.71. The average molecular weight is 407 g/mol. The van der Waals surface area contributed by atoms with Gasteiger partial charge in [0.15, 0.2) is 5.82 Å². The minimum absolute atomic E-state index is 0.0393. The summed E-state index contributed by atoms with van der Waals surface area (Å²) >= 11 is 0. The van der Waals surface area contributed by atoms with Gasteiger partial charge in [-0.05, 0) is 30.7 Å². The summed E-state index contributed by atoms with van der Waals surface area (Å²) < 4.78 is 41.1. The van der Waals surface area contributed by atoms with Gasteiger partial charge in [0.1, 0.15) is 12.2 Å². The highest BCUT2D eigenvalue weighted by Gasteiger charge is 2.30. The number of nitrogens with zero attached hydrogens (tertiary/aromatic N) is 4. The molecule has 2 heterocycles. The second-order valence-electron chi connectivity index (χ2n) is 6.25. The van der Waals surface area contributed by atoms with Crippen LogP contribution in [0.2, 0.25) is 0 Å². The first-order chi connectivity index (χ1) is 13.6. The number of carbonyl (C=O) groups excluding carboxylic acids is 1. The number of carboxylic acid groups (broad SMARTS) is 1. The first kappa shape index (κ1) is 20.1. The SMILES string of the molecule is Cc1cc(NC(=O)c2ccnn2CC(=O)O)nn1Cc1cccc(C(F)(F)F)c1. The second kappa shape index (κ2) is 7.78. The van der Waals surface area contributed by atoms with Crippen molar-refractivity contribution >= 4 is 17.7 Å². The van der Waals surface area contributed by atoms with Gasteiger partial charge in [0.25, 0.3) is 5.91 Å². The summed E-state index contributed by atoms with van der Waals surface area (Å²) in [6, 6.07) is 7.84. The van der Waals surface area contributed by atoms with Crippen molar-refractivity contribution in [3.63, 3.8) is 0 Å². The first-order valence-electron chi connectivity index (χ1n) is 8.39. The Morgan fingerprint density at radius 3 is 2.62 bits per heavy atom. The number of benzene rings is 1. The van der Waals surface area contributed by atoms with Crippen molar-refractivity contribution < 1.29 is 27.9 Å². The van der Waals surface area contributed by atoms with E-state index in [1.54, 1.807) is 19.1 Å². The molecule has 0 spiro atoms. The molecule has 3 rings (SSSR count). The molecule has 29 heavy (non-hydrogen) atoms. The van der Waals surface area contributed by atoms with E-state index in [1.807, 2.05) is 0 Å². The van der Waals surface area contributed by atoms with E-state index in [1.165, 1.54) is 23.0 Å². The van der Waals surface area contributed by atoms with Crippen LogP contribution in [-0.4, -0.2) is 36.5 Å². The molecule has 0 radical (unpaired) electrons. The summed E-state index contributed by atoms with van der Waals surface area (Å²) in [5.41, 5.74) is 0.317. The number of amides is 1. The lowest BCUT2D eigenvalue weighted by atomic mass is 10.1. The standard InChI is InChI=1S/C18H16F3N5O3/c1-11-7-15(23-17(29)14-5-6-22-26(14)10-16(27)28)24-25(11)9-12-3-2-4-13(8-12)18(19,20)21/h2-8H,9-10H2,1H3,(H,27,28)(H,23,24,29). The number of rotatable bonds is 6. The molecule has 0 aliphatic heterocycles. The molecule has 0 aliphatic carbocycles. The quantitative estimate of drug-likeness (QED) is 0.654. The predicted octanol–water partition coefficient (Wildman–Crippen LogP) is 2.79. The zero-order valence-corrected chi connectivity index (χ0v) is 15.1. The second-order valence-corrected chi connectivity index (χ2v) is 6.25. The van der Waals surface area contributed by atoms with E-state index >= 15 is 0 Å². The Morgan fingerprint density at radius 1 is 1.17 bits per heavy atom. The van der Waals surface area contributed by atoms with Crippen molar-refractivity contribution in [3.05, 3.63) is 65.1 Å². The minimum Gasteiger partial charge on any atom is -0.480 e. The van der Waals surface area contributed by atoms with Crippen LogP contribution in [-0.2, 0) is 24.1 Å². The summed E-state index contributed by atoms with van der Waals surface area (Å²) in [6.07, 6.45) is -3.14.